The minimum atomic E-state index is -0.174. The van der Waals surface area contributed by atoms with Crippen LogP contribution in [0.15, 0.2) is 42.7 Å². The van der Waals surface area contributed by atoms with Crippen LogP contribution in [0.5, 0.6) is 0 Å². The van der Waals surface area contributed by atoms with E-state index in [0.717, 1.165) is 0 Å². The second-order valence-corrected chi connectivity index (χ2v) is 3.79. The first-order valence-corrected chi connectivity index (χ1v) is 5.31. The summed E-state index contributed by atoms with van der Waals surface area (Å²) < 4.78 is 0. The van der Waals surface area contributed by atoms with Crippen molar-refractivity contribution in [3.8, 4) is 0 Å². The number of hydrogen-bond acceptors (Lipinski definition) is 4. The van der Waals surface area contributed by atoms with Crippen LogP contribution in [0.4, 0.5) is 0 Å². The van der Waals surface area contributed by atoms with Crippen LogP contribution in [-0.2, 0) is 0 Å². The number of carbonyl (C=O) groups excluding carboxylic acids is 1. The molecule has 17 heavy (non-hydrogen) atoms. The monoisotopic (exact) mass is 243 g/mol. The lowest BCUT2D eigenvalue weighted by Gasteiger charge is -2.01. The van der Waals surface area contributed by atoms with E-state index in [0.29, 0.717) is 11.3 Å². The van der Waals surface area contributed by atoms with Crippen molar-refractivity contribution in [3.63, 3.8) is 0 Å². The standard InChI is InChI=1S/C12H9N3OS/c13-12(17)10-7-14-9(6-15-10)11(16)8-4-2-1-3-5-8/h1-7H,(H2,13,17). The van der Waals surface area contributed by atoms with Gasteiger partial charge in [0.05, 0.1) is 12.4 Å². The van der Waals surface area contributed by atoms with Crippen molar-refractivity contribution >= 4 is 23.0 Å². The molecule has 0 fully saturated rings. The van der Waals surface area contributed by atoms with Crippen molar-refractivity contribution in [1.29, 1.82) is 0 Å². The Morgan fingerprint density at radius 3 is 2.18 bits per heavy atom. The smallest absolute Gasteiger partial charge is 0.212 e. The number of ketones is 1. The highest BCUT2D eigenvalue weighted by molar-refractivity contribution is 7.80. The van der Waals surface area contributed by atoms with E-state index in [9.17, 15) is 4.79 Å². The van der Waals surface area contributed by atoms with Crippen LogP contribution in [0.2, 0.25) is 0 Å². The van der Waals surface area contributed by atoms with Gasteiger partial charge in [-0.25, -0.2) is 9.97 Å². The summed E-state index contributed by atoms with van der Waals surface area (Å²) >= 11 is 4.75. The van der Waals surface area contributed by atoms with Gasteiger partial charge in [-0.05, 0) is 0 Å². The van der Waals surface area contributed by atoms with Gasteiger partial charge in [0.25, 0.3) is 0 Å². The van der Waals surface area contributed by atoms with Gasteiger partial charge in [-0.15, -0.1) is 0 Å². The van der Waals surface area contributed by atoms with Gasteiger partial charge in [0.15, 0.2) is 0 Å². The summed E-state index contributed by atoms with van der Waals surface area (Å²) in [4.78, 5) is 20.1. The van der Waals surface area contributed by atoms with Crippen molar-refractivity contribution in [1.82, 2.24) is 9.97 Å². The molecule has 0 amide bonds. The molecule has 0 aliphatic carbocycles. The van der Waals surface area contributed by atoms with Crippen LogP contribution in [0.25, 0.3) is 0 Å². The molecule has 2 N–H and O–H groups in total. The molecular formula is C12H9N3OS. The van der Waals surface area contributed by atoms with E-state index >= 15 is 0 Å². The molecule has 4 nitrogen and oxygen atoms in total. The summed E-state index contributed by atoms with van der Waals surface area (Å²) in [5.41, 5.74) is 6.65. The Morgan fingerprint density at radius 2 is 1.65 bits per heavy atom. The third-order valence-electron chi connectivity index (χ3n) is 2.17. The molecule has 2 aromatic rings. The summed E-state index contributed by atoms with van der Waals surface area (Å²) in [7, 11) is 0. The number of carbonyl (C=O) groups is 1. The Bertz CT molecular complexity index is 552. The molecule has 0 spiro atoms. The molecular weight excluding hydrogens is 234 g/mol. The van der Waals surface area contributed by atoms with Crippen LogP contribution in [0.1, 0.15) is 21.7 Å². The van der Waals surface area contributed by atoms with Gasteiger partial charge < -0.3 is 5.73 Å². The molecule has 0 saturated heterocycles. The van der Waals surface area contributed by atoms with Crippen molar-refractivity contribution in [2.24, 2.45) is 5.73 Å². The van der Waals surface area contributed by atoms with Crippen LogP contribution in [-0.4, -0.2) is 20.7 Å². The normalized spacial score (nSPS) is 9.88. The summed E-state index contributed by atoms with van der Waals surface area (Å²) in [6.45, 7) is 0. The summed E-state index contributed by atoms with van der Waals surface area (Å²) in [5.74, 6) is -0.174. The van der Waals surface area contributed by atoms with Crippen LogP contribution >= 0.6 is 12.2 Å². The maximum absolute atomic E-state index is 12.0. The molecule has 0 atom stereocenters. The first-order valence-electron chi connectivity index (χ1n) is 4.90. The van der Waals surface area contributed by atoms with Crippen LogP contribution in [0, 0.1) is 0 Å². The van der Waals surface area contributed by atoms with E-state index in [1.165, 1.54) is 12.4 Å². The van der Waals surface area contributed by atoms with E-state index in [2.05, 4.69) is 9.97 Å². The van der Waals surface area contributed by atoms with Crippen LogP contribution in [0.3, 0.4) is 0 Å². The second kappa shape index (κ2) is 4.80. The Morgan fingerprint density at radius 1 is 1.06 bits per heavy atom. The zero-order valence-electron chi connectivity index (χ0n) is 8.83. The topological polar surface area (TPSA) is 68.9 Å². The third-order valence-corrected chi connectivity index (χ3v) is 2.38. The molecule has 0 aliphatic heterocycles. The lowest BCUT2D eigenvalue weighted by molar-refractivity contribution is 0.103. The maximum Gasteiger partial charge on any atom is 0.212 e. The highest BCUT2D eigenvalue weighted by Gasteiger charge is 2.10. The molecule has 5 heteroatoms. The number of nitrogens with two attached hydrogens (primary N) is 1. The van der Waals surface area contributed by atoms with Gasteiger partial charge in [0.1, 0.15) is 16.4 Å². The first-order chi connectivity index (χ1) is 8.18. The van der Waals surface area contributed by atoms with Gasteiger partial charge in [0, 0.05) is 5.56 Å². The predicted octanol–water partition coefficient (Wildman–Crippen LogP) is 1.34. The van der Waals surface area contributed by atoms with E-state index in [-0.39, 0.29) is 16.5 Å². The Kier molecular flexibility index (Phi) is 3.20. The third kappa shape index (κ3) is 2.51. The number of aromatic nitrogens is 2. The van der Waals surface area contributed by atoms with Gasteiger partial charge in [-0.3, -0.25) is 4.79 Å². The van der Waals surface area contributed by atoms with Gasteiger partial charge in [-0.1, -0.05) is 42.5 Å². The van der Waals surface area contributed by atoms with E-state index in [4.69, 9.17) is 18.0 Å². The summed E-state index contributed by atoms with van der Waals surface area (Å²) in [6, 6.07) is 8.89. The van der Waals surface area contributed by atoms with Crippen molar-refractivity contribution in [3.05, 3.63) is 59.7 Å². The fraction of sp³-hybridized carbons (Fsp3) is 0. The molecule has 1 aromatic heterocycles. The van der Waals surface area contributed by atoms with E-state index < -0.39 is 0 Å². The zero-order valence-corrected chi connectivity index (χ0v) is 9.65. The number of nitrogens with zero attached hydrogens (tertiary/aromatic N) is 2. The largest absolute Gasteiger partial charge is 0.388 e. The van der Waals surface area contributed by atoms with Gasteiger partial charge >= 0.3 is 0 Å². The van der Waals surface area contributed by atoms with Gasteiger partial charge in [0.2, 0.25) is 5.78 Å². The van der Waals surface area contributed by atoms with Gasteiger partial charge in [-0.2, -0.15) is 0 Å². The Hall–Kier alpha value is -2.14. The highest BCUT2D eigenvalue weighted by atomic mass is 32.1. The fourth-order valence-corrected chi connectivity index (χ4v) is 1.42. The predicted molar refractivity (Wildman–Crippen MR) is 67.8 cm³/mol. The second-order valence-electron chi connectivity index (χ2n) is 3.35. The van der Waals surface area contributed by atoms with Crippen molar-refractivity contribution < 1.29 is 4.79 Å². The number of thiocarbonyl (C=S) groups is 1. The average Bonchev–Trinajstić information content (AvgIpc) is 2.39. The Balaban J connectivity index is 2.30. The molecule has 1 heterocycles. The molecule has 1 aromatic carbocycles. The van der Waals surface area contributed by atoms with E-state index in [1.807, 2.05) is 6.07 Å². The zero-order chi connectivity index (χ0) is 12.3. The molecule has 84 valence electrons. The fourth-order valence-electron chi connectivity index (χ4n) is 1.31. The summed E-state index contributed by atoms with van der Waals surface area (Å²) in [6.07, 6.45) is 2.78. The first kappa shape index (κ1) is 11.3. The highest BCUT2D eigenvalue weighted by Crippen LogP contribution is 2.06. The molecule has 0 bridgehead atoms. The van der Waals surface area contributed by atoms with Crippen molar-refractivity contribution in [2.45, 2.75) is 0 Å². The lowest BCUT2D eigenvalue weighted by Crippen LogP contribution is -2.13. The minimum Gasteiger partial charge on any atom is -0.388 e. The maximum atomic E-state index is 12.0. The SMILES string of the molecule is NC(=S)c1cnc(C(=O)c2ccccc2)cn1. The molecule has 0 aliphatic rings. The molecule has 2 rings (SSSR count). The Labute approximate surface area is 104 Å². The van der Waals surface area contributed by atoms with E-state index in [1.54, 1.807) is 24.3 Å². The number of hydrogen-bond donors (Lipinski definition) is 1. The molecule has 0 unspecified atom stereocenters. The molecule has 0 saturated carbocycles. The number of benzene rings is 1. The quantitative estimate of drug-likeness (QED) is 0.651. The van der Waals surface area contributed by atoms with Crippen molar-refractivity contribution in [2.75, 3.05) is 0 Å². The van der Waals surface area contributed by atoms with Crippen LogP contribution < -0.4 is 5.73 Å². The minimum absolute atomic E-state index is 0.163. The number of rotatable bonds is 3. The molecule has 0 radical (unpaired) electrons. The average molecular weight is 243 g/mol. The lowest BCUT2D eigenvalue weighted by atomic mass is 10.1. The summed E-state index contributed by atoms with van der Waals surface area (Å²) in [5, 5.41) is 0.